The van der Waals surface area contributed by atoms with Crippen LogP contribution in [0.15, 0.2) is 0 Å². The molecule has 0 aromatic rings. The molecule has 0 aliphatic carbocycles. The highest BCUT2D eigenvalue weighted by Gasteiger charge is 2.17. The maximum absolute atomic E-state index is 11.8. The molecule has 0 aromatic carbocycles. The van der Waals surface area contributed by atoms with Gasteiger partial charge in [0.2, 0.25) is 11.8 Å². The molecule has 16 heavy (non-hydrogen) atoms. The zero-order chi connectivity index (χ0) is 12.6. The highest BCUT2D eigenvalue weighted by molar-refractivity contribution is 5.84. The van der Waals surface area contributed by atoms with Gasteiger partial charge in [-0.1, -0.05) is 13.8 Å². The zero-order valence-electron chi connectivity index (χ0n) is 10.5. The summed E-state index contributed by atoms with van der Waals surface area (Å²) in [5.74, 6) is -0.188. The van der Waals surface area contributed by atoms with Crippen molar-refractivity contribution < 1.29 is 9.59 Å². The minimum atomic E-state index is -0.146. The highest BCUT2D eigenvalue weighted by Crippen LogP contribution is 2.01. The average molecular weight is 229 g/mol. The molecule has 3 N–H and O–H groups in total. The fourth-order valence-electron chi connectivity index (χ4n) is 1.31. The molecule has 0 aliphatic heterocycles. The van der Waals surface area contributed by atoms with Gasteiger partial charge in [0.25, 0.3) is 0 Å². The van der Waals surface area contributed by atoms with Crippen LogP contribution < -0.4 is 11.1 Å². The third-order valence-electron chi connectivity index (χ3n) is 2.42. The predicted molar refractivity (Wildman–Crippen MR) is 63.8 cm³/mol. The van der Waals surface area contributed by atoms with E-state index in [0.717, 1.165) is 12.8 Å². The molecule has 2 amide bonds. The first-order chi connectivity index (χ1) is 7.54. The van der Waals surface area contributed by atoms with Crippen LogP contribution in [0.2, 0.25) is 0 Å². The SMILES string of the molecule is CCCN(CC(=O)NC)C(=O)CC(N)CC. The molecule has 0 saturated carbocycles. The third kappa shape index (κ3) is 5.70. The van der Waals surface area contributed by atoms with Crippen LogP contribution in [-0.4, -0.2) is 42.9 Å². The number of nitrogens with one attached hydrogen (secondary N) is 1. The smallest absolute Gasteiger partial charge is 0.239 e. The topological polar surface area (TPSA) is 75.4 Å². The van der Waals surface area contributed by atoms with E-state index in [9.17, 15) is 9.59 Å². The minimum Gasteiger partial charge on any atom is -0.358 e. The number of rotatable bonds is 7. The molecular formula is C11H23N3O2. The maximum atomic E-state index is 11.8. The molecule has 0 fully saturated rings. The fraction of sp³-hybridized carbons (Fsp3) is 0.818. The second-order valence-corrected chi connectivity index (χ2v) is 3.86. The van der Waals surface area contributed by atoms with Crippen molar-refractivity contribution in [3.8, 4) is 0 Å². The van der Waals surface area contributed by atoms with Crippen LogP contribution in [0.1, 0.15) is 33.1 Å². The Labute approximate surface area is 97.4 Å². The Bertz CT molecular complexity index is 231. The van der Waals surface area contributed by atoms with Crippen LogP contribution in [0.25, 0.3) is 0 Å². The average Bonchev–Trinajstić information content (AvgIpc) is 2.27. The highest BCUT2D eigenvalue weighted by atomic mass is 16.2. The second kappa shape index (κ2) is 8.10. The Kier molecular flexibility index (Phi) is 7.54. The van der Waals surface area contributed by atoms with E-state index in [1.54, 1.807) is 11.9 Å². The fourth-order valence-corrected chi connectivity index (χ4v) is 1.31. The van der Waals surface area contributed by atoms with Crippen molar-refractivity contribution in [3.05, 3.63) is 0 Å². The molecule has 0 aliphatic rings. The van der Waals surface area contributed by atoms with Crippen molar-refractivity contribution >= 4 is 11.8 Å². The summed E-state index contributed by atoms with van der Waals surface area (Å²) in [6.45, 7) is 4.65. The molecule has 0 radical (unpaired) electrons. The van der Waals surface area contributed by atoms with Gasteiger partial charge in [0.15, 0.2) is 0 Å². The van der Waals surface area contributed by atoms with E-state index >= 15 is 0 Å². The van der Waals surface area contributed by atoms with Gasteiger partial charge in [-0.2, -0.15) is 0 Å². The number of carbonyl (C=O) groups excluding carboxylic acids is 2. The Morgan fingerprint density at radius 2 is 2.00 bits per heavy atom. The molecule has 0 aromatic heterocycles. The van der Waals surface area contributed by atoms with Gasteiger partial charge in [0.1, 0.15) is 0 Å². The number of carbonyl (C=O) groups is 2. The number of amides is 2. The van der Waals surface area contributed by atoms with Crippen molar-refractivity contribution in [2.45, 2.75) is 39.2 Å². The largest absolute Gasteiger partial charge is 0.358 e. The standard InChI is InChI=1S/C11H23N3O2/c1-4-6-14(8-10(15)13-3)11(16)7-9(12)5-2/h9H,4-8,12H2,1-3H3,(H,13,15). The summed E-state index contributed by atoms with van der Waals surface area (Å²) >= 11 is 0. The number of hydrogen-bond acceptors (Lipinski definition) is 3. The first-order valence-electron chi connectivity index (χ1n) is 5.79. The van der Waals surface area contributed by atoms with E-state index in [0.29, 0.717) is 13.0 Å². The van der Waals surface area contributed by atoms with Gasteiger partial charge < -0.3 is 16.0 Å². The molecule has 1 atom stereocenters. The lowest BCUT2D eigenvalue weighted by Crippen LogP contribution is -2.42. The van der Waals surface area contributed by atoms with Gasteiger partial charge in [0, 0.05) is 26.1 Å². The Hall–Kier alpha value is -1.10. The maximum Gasteiger partial charge on any atom is 0.239 e. The summed E-state index contributed by atoms with van der Waals surface area (Å²) in [6.07, 6.45) is 1.92. The van der Waals surface area contributed by atoms with Crippen LogP contribution in [0.5, 0.6) is 0 Å². The molecule has 0 heterocycles. The van der Waals surface area contributed by atoms with E-state index in [-0.39, 0.29) is 24.4 Å². The van der Waals surface area contributed by atoms with Crippen molar-refractivity contribution in [2.75, 3.05) is 20.1 Å². The zero-order valence-corrected chi connectivity index (χ0v) is 10.5. The van der Waals surface area contributed by atoms with Crippen LogP contribution in [-0.2, 0) is 9.59 Å². The van der Waals surface area contributed by atoms with Crippen molar-refractivity contribution in [2.24, 2.45) is 5.73 Å². The molecule has 0 saturated heterocycles. The lowest BCUT2D eigenvalue weighted by Gasteiger charge is -2.22. The van der Waals surface area contributed by atoms with Gasteiger partial charge >= 0.3 is 0 Å². The van der Waals surface area contributed by atoms with Crippen molar-refractivity contribution in [1.82, 2.24) is 10.2 Å². The van der Waals surface area contributed by atoms with E-state index in [4.69, 9.17) is 5.73 Å². The molecule has 0 bridgehead atoms. The second-order valence-electron chi connectivity index (χ2n) is 3.86. The molecule has 0 spiro atoms. The van der Waals surface area contributed by atoms with Crippen LogP contribution in [0.4, 0.5) is 0 Å². The van der Waals surface area contributed by atoms with Crippen LogP contribution in [0.3, 0.4) is 0 Å². The normalized spacial score (nSPS) is 12.0. The molecule has 0 rings (SSSR count). The number of hydrogen-bond donors (Lipinski definition) is 2. The number of likely N-dealkylation sites (N-methyl/N-ethyl adjacent to an activating group) is 1. The summed E-state index contributed by atoms with van der Waals surface area (Å²) in [5, 5.41) is 2.51. The van der Waals surface area contributed by atoms with Crippen LogP contribution >= 0.6 is 0 Å². The Morgan fingerprint density at radius 3 is 2.44 bits per heavy atom. The van der Waals surface area contributed by atoms with Gasteiger partial charge in [-0.05, 0) is 12.8 Å². The van der Waals surface area contributed by atoms with Crippen molar-refractivity contribution in [3.63, 3.8) is 0 Å². The van der Waals surface area contributed by atoms with E-state index in [1.165, 1.54) is 0 Å². The van der Waals surface area contributed by atoms with E-state index < -0.39 is 0 Å². The lowest BCUT2D eigenvalue weighted by molar-refractivity contribution is -0.136. The van der Waals surface area contributed by atoms with Crippen LogP contribution in [0, 0.1) is 0 Å². The predicted octanol–water partition coefficient (Wildman–Crippen LogP) is 0.0984. The Balaban J connectivity index is 4.28. The quantitative estimate of drug-likeness (QED) is 0.650. The molecule has 5 heteroatoms. The molecule has 94 valence electrons. The first kappa shape index (κ1) is 14.9. The van der Waals surface area contributed by atoms with E-state index in [2.05, 4.69) is 5.32 Å². The third-order valence-corrected chi connectivity index (χ3v) is 2.42. The molecular weight excluding hydrogens is 206 g/mol. The summed E-state index contributed by atoms with van der Waals surface area (Å²) in [4.78, 5) is 24.6. The number of nitrogens with zero attached hydrogens (tertiary/aromatic N) is 1. The number of nitrogens with two attached hydrogens (primary N) is 1. The molecule has 5 nitrogen and oxygen atoms in total. The van der Waals surface area contributed by atoms with Gasteiger partial charge in [0.05, 0.1) is 6.54 Å². The summed E-state index contributed by atoms with van der Waals surface area (Å²) < 4.78 is 0. The van der Waals surface area contributed by atoms with E-state index in [1.807, 2.05) is 13.8 Å². The van der Waals surface area contributed by atoms with Crippen molar-refractivity contribution in [1.29, 1.82) is 0 Å². The first-order valence-corrected chi connectivity index (χ1v) is 5.79. The summed E-state index contributed by atoms with van der Waals surface area (Å²) in [6, 6.07) is -0.114. The monoisotopic (exact) mass is 229 g/mol. The van der Waals surface area contributed by atoms with Gasteiger partial charge in [-0.15, -0.1) is 0 Å². The summed E-state index contributed by atoms with van der Waals surface area (Å²) in [5.41, 5.74) is 5.72. The van der Waals surface area contributed by atoms with Gasteiger partial charge in [-0.25, -0.2) is 0 Å². The molecule has 1 unspecified atom stereocenters. The minimum absolute atomic E-state index is 0.0419. The van der Waals surface area contributed by atoms with Gasteiger partial charge in [-0.3, -0.25) is 9.59 Å². The summed E-state index contributed by atoms with van der Waals surface area (Å²) in [7, 11) is 1.56. The Morgan fingerprint density at radius 1 is 1.38 bits per heavy atom. The lowest BCUT2D eigenvalue weighted by atomic mass is 10.1.